The predicted octanol–water partition coefficient (Wildman–Crippen LogP) is 2.17. The molecule has 0 spiro atoms. The molecular formula is C21H35IN6O. The van der Waals surface area contributed by atoms with Crippen LogP contribution in [0.1, 0.15) is 31.2 Å². The van der Waals surface area contributed by atoms with E-state index in [2.05, 4.69) is 42.1 Å². The van der Waals surface area contributed by atoms with Gasteiger partial charge in [0.1, 0.15) is 5.82 Å². The number of halogens is 1. The van der Waals surface area contributed by atoms with Crippen molar-refractivity contribution in [1.29, 1.82) is 0 Å². The molecule has 0 saturated carbocycles. The number of hydrogen-bond donors (Lipinski definition) is 1. The minimum absolute atomic E-state index is 0. The number of aliphatic imine (C=N–C) groups is 1. The number of likely N-dealkylation sites (tertiary alicyclic amines) is 1. The fourth-order valence-electron chi connectivity index (χ4n) is 4.55. The third kappa shape index (κ3) is 5.95. The third-order valence-electron chi connectivity index (χ3n) is 6.18. The molecule has 1 unspecified atom stereocenters. The molecule has 0 bridgehead atoms. The molecule has 3 aliphatic rings. The molecule has 3 fully saturated rings. The van der Waals surface area contributed by atoms with E-state index in [1.165, 1.54) is 31.2 Å². The van der Waals surface area contributed by atoms with Crippen molar-refractivity contribution in [3.63, 3.8) is 0 Å². The lowest BCUT2D eigenvalue weighted by Gasteiger charge is -2.32. The van der Waals surface area contributed by atoms with Crippen molar-refractivity contribution < 1.29 is 4.74 Å². The first-order valence-electron chi connectivity index (χ1n) is 10.8. The van der Waals surface area contributed by atoms with Gasteiger partial charge in [-0.3, -0.25) is 9.89 Å². The van der Waals surface area contributed by atoms with Crippen LogP contribution in [0.2, 0.25) is 0 Å². The Hall–Kier alpha value is -1.13. The fourth-order valence-corrected chi connectivity index (χ4v) is 4.55. The summed E-state index contributed by atoms with van der Waals surface area (Å²) in [5.41, 5.74) is 1.26. The second kappa shape index (κ2) is 11.3. The first-order chi connectivity index (χ1) is 13.8. The lowest BCUT2D eigenvalue weighted by Crippen LogP contribution is -2.46. The van der Waals surface area contributed by atoms with Gasteiger partial charge in [0, 0.05) is 65.1 Å². The van der Waals surface area contributed by atoms with E-state index >= 15 is 0 Å². The molecule has 0 amide bonds. The molecule has 1 N–H and O–H groups in total. The second-order valence-electron chi connectivity index (χ2n) is 8.01. The number of pyridine rings is 1. The lowest BCUT2D eigenvalue weighted by atomic mass is 10.1. The molecule has 8 heteroatoms. The largest absolute Gasteiger partial charge is 0.379 e. The molecule has 0 aliphatic carbocycles. The van der Waals surface area contributed by atoms with Crippen LogP contribution in [0, 0.1) is 0 Å². The van der Waals surface area contributed by atoms with Crippen molar-refractivity contribution in [1.82, 2.24) is 20.1 Å². The van der Waals surface area contributed by atoms with Crippen LogP contribution in [0.25, 0.3) is 0 Å². The van der Waals surface area contributed by atoms with Gasteiger partial charge >= 0.3 is 0 Å². The Kier molecular flexibility index (Phi) is 8.80. The number of anilines is 1. The van der Waals surface area contributed by atoms with Crippen LogP contribution in [0.15, 0.2) is 23.3 Å². The molecule has 1 atom stereocenters. The van der Waals surface area contributed by atoms with E-state index in [-0.39, 0.29) is 24.0 Å². The zero-order chi connectivity index (χ0) is 19.2. The van der Waals surface area contributed by atoms with Crippen LogP contribution in [-0.4, -0.2) is 86.3 Å². The summed E-state index contributed by atoms with van der Waals surface area (Å²) in [6, 6.07) is 4.95. The number of piperidine rings is 1. The summed E-state index contributed by atoms with van der Waals surface area (Å²) in [4.78, 5) is 16.5. The van der Waals surface area contributed by atoms with E-state index < -0.39 is 0 Å². The maximum atomic E-state index is 5.50. The first-order valence-corrected chi connectivity index (χ1v) is 10.8. The van der Waals surface area contributed by atoms with Crippen molar-refractivity contribution in [3.05, 3.63) is 23.9 Å². The summed E-state index contributed by atoms with van der Waals surface area (Å²) >= 11 is 0. The summed E-state index contributed by atoms with van der Waals surface area (Å²) in [6.07, 6.45) is 7.03. The molecule has 1 aromatic heterocycles. The number of guanidine groups is 1. The predicted molar refractivity (Wildman–Crippen MR) is 128 cm³/mol. The second-order valence-corrected chi connectivity index (χ2v) is 8.01. The summed E-state index contributed by atoms with van der Waals surface area (Å²) in [7, 11) is 1.89. The number of hydrogen-bond acceptors (Lipinski definition) is 5. The minimum Gasteiger partial charge on any atom is -0.379 e. The molecule has 29 heavy (non-hydrogen) atoms. The van der Waals surface area contributed by atoms with Crippen molar-refractivity contribution in [2.75, 3.05) is 64.4 Å². The molecule has 0 aromatic carbocycles. The Bertz CT molecular complexity index is 660. The van der Waals surface area contributed by atoms with Gasteiger partial charge < -0.3 is 19.9 Å². The van der Waals surface area contributed by atoms with Gasteiger partial charge in [-0.2, -0.15) is 0 Å². The van der Waals surface area contributed by atoms with Crippen LogP contribution >= 0.6 is 24.0 Å². The van der Waals surface area contributed by atoms with Crippen LogP contribution in [0.4, 0.5) is 5.82 Å². The SMILES string of the molecule is CN=C(NCc1ccnc(N2CCCCC2)c1)N1CCC(N2CCOCC2)C1.I. The minimum atomic E-state index is 0. The van der Waals surface area contributed by atoms with Gasteiger partial charge in [-0.1, -0.05) is 0 Å². The average Bonchev–Trinajstić information content (AvgIpc) is 3.26. The molecule has 3 saturated heterocycles. The molecule has 4 heterocycles. The highest BCUT2D eigenvalue weighted by molar-refractivity contribution is 14.0. The number of nitrogens with one attached hydrogen (secondary N) is 1. The standard InChI is InChI=1S/C21H34N6O.HI/c1-22-21(27-10-6-19(17-27)25-11-13-28-14-12-25)24-16-18-5-7-23-20(15-18)26-8-3-2-4-9-26;/h5,7,15,19H,2-4,6,8-14,16-17H2,1H3,(H,22,24);1H. The van der Waals surface area contributed by atoms with Gasteiger partial charge in [0.25, 0.3) is 0 Å². The zero-order valence-corrected chi connectivity index (χ0v) is 19.9. The monoisotopic (exact) mass is 514 g/mol. The van der Waals surface area contributed by atoms with E-state index in [1.54, 1.807) is 0 Å². The normalized spacial score (nSPS) is 23.8. The molecule has 0 radical (unpaired) electrons. The van der Waals surface area contributed by atoms with E-state index in [1.807, 2.05) is 13.2 Å². The van der Waals surface area contributed by atoms with E-state index in [9.17, 15) is 0 Å². The number of morpholine rings is 1. The first kappa shape index (κ1) is 22.6. The molecule has 1 aromatic rings. The summed E-state index contributed by atoms with van der Waals surface area (Å²) < 4.78 is 5.50. The van der Waals surface area contributed by atoms with Crippen molar-refractivity contribution in [3.8, 4) is 0 Å². The quantitative estimate of drug-likeness (QED) is 0.378. The number of rotatable bonds is 4. The molecular weight excluding hydrogens is 479 g/mol. The highest BCUT2D eigenvalue weighted by Gasteiger charge is 2.30. The van der Waals surface area contributed by atoms with Crippen LogP contribution in [0.5, 0.6) is 0 Å². The number of nitrogens with zero attached hydrogens (tertiary/aromatic N) is 5. The van der Waals surface area contributed by atoms with Crippen LogP contribution in [0.3, 0.4) is 0 Å². The maximum absolute atomic E-state index is 5.50. The van der Waals surface area contributed by atoms with Gasteiger partial charge in [-0.25, -0.2) is 4.98 Å². The summed E-state index contributed by atoms with van der Waals surface area (Å²) in [5, 5.41) is 3.57. The van der Waals surface area contributed by atoms with Gasteiger partial charge in [0.15, 0.2) is 5.96 Å². The van der Waals surface area contributed by atoms with Gasteiger partial charge in [0.05, 0.1) is 13.2 Å². The Morgan fingerprint density at radius 2 is 1.97 bits per heavy atom. The summed E-state index contributed by atoms with van der Waals surface area (Å²) in [5.74, 6) is 2.12. The maximum Gasteiger partial charge on any atom is 0.193 e. The van der Waals surface area contributed by atoms with Gasteiger partial charge in [0.2, 0.25) is 0 Å². The molecule has 3 aliphatic heterocycles. The fraction of sp³-hybridized carbons (Fsp3) is 0.714. The van der Waals surface area contributed by atoms with E-state index in [0.29, 0.717) is 6.04 Å². The Morgan fingerprint density at radius 1 is 1.17 bits per heavy atom. The van der Waals surface area contributed by atoms with Crippen molar-refractivity contribution in [2.45, 2.75) is 38.3 Å². The Morgan fingerprint density at radius 3 is 2.72 bits per heavy atom. The number of ether oxygens (including phenoxy) is 1. The van der Waals surface area contributed by atoms with E-state index in [4.69, 9.17) is 4.74 Å². The van der Waals surface area contributed by atoms with Crippen molar-refractivity contribution in [2.24, 2.45) is 4.99 Å². The molecule has 162 valence electrons. The zero-order valence-electron chi connectivity index (χ0n) is 17.6. The Balaban J connectivity index is 0.00000240. The highest BCUT2D eigenvalue weighted by atomic mass is 127. The topological polar surface area (TPSA) is 56.2 Å². The Labute approximate surface area is 191 Å². The van der Waals surface area contributed by atoms with Crippen LogP contribution in [-0.2, 0) is 11.3 Å². The highest BCUT2D eigenvalue weighted by Crippen LogP contribution is 2.19. The molecule has 7 nitrogen and oxygen atoms in total. The summed E-state index contributed by atoms with van der Waals surface area (Å²) in [6.45, 7) is 9.00. The van der Waals surface area contributed by atoms with Gasteiger partial charge in [-0.05, 0) is 43.4 Å². The lowest BCUT2D eigenvalue weighted by molar-refractivity contribution is 0.0195. The van der Waals surface area contributed by atoms with Gasteiger partial charge in [-0.15, -0.1) is 24.0 Å². The molecule has 4 rings (SSSR count). The average molecular weight is 514 g/mol. The van der Waals surface area contributed by atoms with Crippen molar-refractivity contribution >= 4 is 35.8 Å². The number of aromatic nitrogens is 1. The van der Waals surface area contributed by atoms with E-state index in [0.717, 1.165) is 70.8 Å². The third-order valence-corrected chi connectivity index (χ3v) is 6.18. The smallest absolute Gasteiger partial charge is 0.193 e. The van der Waals surface area contributed by atoms with Crippen LogP contribution < -0.4 is 10.2 Å².